The van der Waals surface area contributed by atoms with Crippen LogP contribution in [-0.4, -0.2) is 23.0 Å². The van der Waals surface area contributed by atoms with E-state index in [1.807, 2.05) is 25.1 Å². The van der Waals surface area contributed by atoms with Gasteiger partial charge in [0.05, 0.1) is 5.92 Å². The average molecular weight is 298 g/mol. The molecule has 0 spiro atoms. The van der Waals surface area contributed by atoms with Crippen molar-refractivity contribution < 1.29 is 14.7 Å². The van der Waals surface area contributed by atoms with E-state index in [0.717, 1.165) is 5.56 Å². The zero-order valence-corrected chi connectivity index (χ0v) is 12.6. The molecule has 20 heavy (non-hydrogen) atoms. The SMILES string of the molecule is CC(Cc1ccccc1Cl)NC(=O)C(C)C(C)C(=O)O. The van der Waals surface area contributed by atoms with Gasteiger partial charge in [0.2, 0.25) is 5.91 Å². The van der Waals surface area contributed by atoms with Crippen molar-refractivity contribution in [3.8, 4) is 0 Å². The van der Waals surface area contributed by atoms with Crippen LogP contribution in [0, 0.1) is 11.8 Å². The molecule has 0 bridgehead atoms. The molecule has 0 aromatic heterocycles. The molecule has 0 radical (unpaired) electrons. The number of carbonyl (C=O) groups excluding carboxylic acids is 1. The van der Waals surface area contributed by atoms with Gasteiger partial charge in [-0.2, -0.15) is 0 Å². The zero-order valence-electron chi connectivity index (χ0n) is 11.9. The Morgan fingerprint density at radius 3 is 2.35 bits per heavy atom. The van der Waals surface area contributed by atoms with Crippen molar-refractivity contribution in [3.05, 3.63) is 34.9 Å². The third-order valence-corrected chi connectivity index (χ3v) is 3.79. The second-order valence-corrected chi connectivity index (χ2v) is 5.53. The number of hydrogen-bond acceptors (Lipinski definition) is 2. The number of hydrogen-bond donors (Lipinski definition) is 2. The summed E-state index contributed by atoms with van der Waals surface area (Å²) in [5.74, 6) is -2.49. The monoisotopic (exact) mass is 297 g/mol. The molecule has 1 aromatic rings. The summed E-state index contributed by atoms with van der Waals surface area (Å²) >= 11 is 6.07. The molecule has 1 aromatic carbocycles. The van der Waals surface area contributed by atoms with Gasteiger partial charge >= 0.3 is 5.97 Å². The maximum Gasteiger partial charge on any atom is 0.307 e. The van der Waals surface area contributed by atoms with E-state index in [-0.39, 0.29) is 11.9 Å². The summed E-state index contributed by atoms with van der Waals surface area (Å²) in [5.41, 5.74) is 0.959. The van der Waals surface area contributed by atoms with Gasteiger partial charge in [-0.25, -0.2) is 0 Å². The Kier molecular flexibility index (Phi) is 6.02. The van der Waals surface area contributed by atoms with Crippen molar-refractivity contribution in [2.75, 3.05) is 0 Å². The van der Waals surface area contributed by atoms with Crippen LogP contribution in [0.3, 0.4) is 0 Å². The molecule has 5 heteroatoms. The Labute approximate surface area is 124 Å². The first-order valence-corrected chi connectivity index (χ1v) is 6.97. The van der Waals surface area contributed by atoms with E-state index in [0.29, 0.717) is 11.4 Å². The number of benzene rings is 1. The lowest BCUT2D eigenvalue weighted by Crippen LogP contribution is -2.40. The predicted molar refractivity (Wildman–Crippen MR) is 78.7 cm³/mol. The van der Waals surface area contributed by atoms with Crippen molar-refractivity contribution in [3.63, 3.8) is 0 Å². The van der Waals surface area contributed by atoms with Crippen LogP contribution < -0.4 is 5.32 Å². The normalized spacial score (nSPS) is 15.2. The molecule has 0 saturated carbocycles. The summed E-state index contributed by atoms with van der Waals surface area (Å²) in [4.78, 5) is 22.8. The Morgan fingerprint density at radius 2 is 1.80 bits per heavy atom. The number of carboxylic acids is 1. The first-order valence-electron chi connectivity index (χ1n) is 6.59. The molecule has 3 atom stereocenters. The van der Waals surface area contributed by atoms with Crippen LogP contribution in [0.15, 0.2) is 24.3 Å². The molecule has 3 unspecified atom stereocenters. The number of nitrogens with one attached hydrogen (secondary N) is 1. The fraction of sp³-hybridized carbons (Fsp3) is 0.467. The highest BCUT2D eigenvalue weighted by Crippen LogP contribution is 2.17. The second kappa shape index (κ2) is 7.29. The quantitative estimate of drug-likeness (QED) is 0.848. The number of aliphatic carboxylic acids is 1. The van der Waals surface area contributed by atoms with Crippen LogP contribution in [-0.2, 0) is 16.0 Å². The van der Waals surface area contributed by atoms with Gasteiger partial charge in [0.1, 0.15) is 0 Å². The lowest BCUT2D eigenvalue weighted by Gasteiger charge is -2.20. The summed E-state index contributed by atoms with van der Waals surface area (Å²) in [6.07, 6.45) is 0.611. The molecule has 110 valence electrons. The smallest absolute Gasteiger partial charge is 0.307 e. The minimum absolute atomic E-state index is 0.106. The van der Waals surface area contributed by atoms with E-state index in [2.05, 4.69) is 5.32 Å². The Morgan fingerprint density at radius 1 is 1.20 bits per heavy atom. The van der Waals surface area contributed by atoms with Gasteiger partial charge in [0.25, 0.3) is 0 Å². The fourth-order valence-electron chi connectivity index (χ4n) is 1.86. The molecule has 4 nitrogen and oxygen atoms in total. The second-order valence-electron chi connectivity index (χ2n) is 5.12. The summed E-state index contributed by atoms with van der Waals surface area (Å²) < 4.78 is 0. The van der Waals surface area contributed by atoms with Crippen molar-refractivity contribution in [1.82, 2.24) is 5.32 Å². The lowest BCUT2D eigenvalue weighted by molar-refractivity contribution is -0.146. The summed E-state index contributed by atoms with van der Waals surface area (Å²) in [5, 5.41) is 12.4. The Hall–Kier alpha value is -1.55. The number of carboxylic acid groups (broad SMARTS) is 1. The number of rotatable bonds is 6. The minimum atomic E-state index is -0.966. The van der Waals surface area contributed by atoms with Gasteiger partial charge in [-0.05, 0) is 25.0 Å². The van der Waals surface area contributed by atoms with E-state index < -0.39 is 17.8 Å². The van der Waals surface area contributed by atoms with Crippen LogP contribution in [0.25, 0.3) is 0 Å². The Bertz CT molecular complexity index is 490. The van der Waals surface area contributed by atoms with Crippen LogP contribution in [0.2, 0.25) is 5.02 Å². The van der Waals surface area contributed by atoms with Crippen molar-refractivity contribution in [2.24, 2.45) is 11.8 Å². The molecule has 0 aliphatic rings. The third-order valence-electron chi connectivity index (χ3n) is 3.43. The summed E-state index contributed by atoms with van der Waals surface area (Å²) in [6.45, 7) is 5.03. The molecular formula is C15H20ClNO3. The van der Waals surface area contributed by atoms with E-state index in [9.17, 15) is 9.59 Å². The summed E-state index contributed by atoms with van der Waals surface area (Å²) in [6, 6.07) is 7.36. The molecule has 0 aliphatic carbocycles. The van der Waals surface area contributed by atoms with Gasteiger partial charge < -0.3 is 10.4 Å². The molecule has 0 aliphatic heterocycles. The van der Waals surface area contributed by atoms with E-state index in [1.165, 1.54) is 6.92 Å². The third kappa shape index (κ3) is 4.53. The molecule has 0 fully saturated rings. The maximum atomic E-state index is 12.0. The first-order chi connectivity index (χ1) is 9.32. The first kappa shape index (κ1) is 16.5. The molecule has 2 N–H and O–H groups in total. The molecule has 0 heterocycles. The van der Waals surface area contributed by atoms with Gasteiger partial charge in [-0.1, -0.05) is 43.6 Å². The van der Waals surface area contributed by atoms with Crippen molar-refractivity contribution in [2.45, 2.75) is 33.2 Å². The lowest BCUT2D eigenvalue weighted by atomic mass is 9.95. The molecular weight excluding hydrogens is 278 g/mol. The van der Waals surface area contributed by atoms with Gasteiger partial charge in [-0.15, -0.1) is 0 Å². The van der Waals surface area contributed by atoms with Crippen molar-refractivity contribution in [1.29, 1.82) is 0 Å². The highest BCUT2D eigenvalue weighted by atomic mass is 35.5. The zero-order chi connectivity index (χ0) is 15.3. The highest BCUT2D eigenvalue weighted by Gasteiger charge is 2.26. The van der Waals surface area contributed by atoms with Gasteiger partial charge in [0, 0.05) is 17.0 Å². The van der Waals surface area contributed by atoms with Crippen LogP contribution in [0.5, 0.6) is 0 Å². The van der Waals surface area contributed by atoms with E-state index >= 15 is 0 Å². The number of carbonyl (C=O) groups is 2. The predicted octanol–water partition coefficient (Wildman–Crippen LogP) is 2.74. The largest absolute Gasteiger partial charge is 0.481 e. The number of halogens is 1. The van der Waals surface area contributed by atoms with Crippen molar-refractivity contribution >= 4 is 23.5 Å². The van der Waals surface area contributed by atoms with Crippen LogP contribution >= 0.6 is 11.6 Å². The fourth-order valence-corrected chi connectivity index (χ4v) is 2.07. The highest BCUT2D eigenvalue weighted by molar-refractivity contribution is 6.31. The summed E-state index contributed by atoms with van der Waals surface area (Å²) in [7, 11) is 0. The van der Waals surface area contributed by atoms with Crippen LogP contribution in [0.4, 0.5) is 0 Å². The maximum absolute atomic E-state index is 12.0. The topological polar surface area (TPSA) is 66.4 Å². The molecule has 0 saturated heterocycles. The van der Waals surface area contributed by atoms with Gasteiger partial charge in [0.15, 0.2) is 0 Å². The van der Waals surface area contributed by atoms with Gasteiger partial charge in [-0.3, -0.25) is 9.59 Å². The molecule has 1 rings (SSSR count). The van der Waals surface area contributed by atoms with E-state index in [4.69, 9.17) is 16.7 Å². The standard InChI is InChI=1S/C15H20ClNO3/c1-9(8-12-6-4-5-7-13(12)16)17-14(18)10(2)11(3)15(19)20/h4-7,9-11H,8H2,1-3H3,(H,17,18)(H,19,20). The van der Waals surface area contributed by atoms with E-state index in [1.54, 1.807) is 13.0 Å². The minimum Gasteiger partial charge on any atom is -0.481 e. The average Bonchev–Trinajstić information content (AvgIpc) is 2.39. The Balaban J connectivity index is 2.58. The number of amides is 1. The molecule has 1 amide bonds. The van der Waals surface area contributed by atoms with Crippen LogP contribution in [0.1, 0.15) is 26.3 Å².